The Balaban J connectivity index is 1.42. The van der Waals surface area contributed by atoms with Gasteiger partial charge in [0.1, 0.15) is 23.2 Å². The topological polar surface area (TPSA) is 205 Å². The highest BCUT2D eigenvalue weighted by Crippen LogP contribution is 2.41. The Bertz CT molecular complexity index is 1240. The summed E-state index contributed by atoms with van der Waals surface area (Å²) in [6, 6.07) is 4.79. The molecule has 3 heterocycles. The molecule has 1 aromatic carbocycles. The van der Waals surface area contributed by atoms with Crippen LogP contribution in [-0.2, 0) is 28.0 Å². The maximum atomic E-state index is 12.9. The lowest BCUT2D eigenvalue weighted by molar-refractivity contribution is -0.150. The van der Waals surface area contributed by atoms with Crippen molar-refractivity contribution in [3.05, 3.63) is 57.1 Å². The zero-order chi connectivity index (χ0) is 25.1. The molecule has 2 aromatic rings. The van der Waals surface area contributed by atoms with E-state index in [1.165, 1.54) is 33.1 Å². The van der Waals surface area contributed by atoms with Crippen LogP contribution in [-0.4, -0.2) is 70.9 Å². The van der Waals surface area contributed by atoms with Gasteiger partial charge in [-0.25, -0.2) is 9.48 Å². The molecule has 4 rings (SSSR count). The largest absolute Gasteiger partial charge is 0.477 e. The van der Waals surface area contributed by atoms with Gasteiger partial charge < -0.3 is 16.2 Å². The molecule has 182 valence electrons. The van der Waals surface area contributed by atoms with E-state index in [9.17, 15) is 19.5 Å². The Labute approximate surface area is 206 Å². The molecule has 4 N–H and O–H groups in total. The lowest BCUT2D eigenvalue weighted by Gasteiger charge is -2.49. The molecule has 2 amide bonds. The Morgan fingerprint density at radius 1 is 1.43 bits per heavy atom. The lowest BCUT2D eigenvalue weighted by Crippen LogP contribution is -2.71. The number of aliphatic carboxylic acids is 1. The maximum absolute atomic E-state index is 12.9. The summed E-state index contributed by atoms with van der Waals surface area (Å²) in [4.78, 5) is 41.5. The number of nitrogens with two attached hydrogens (primary N) is 1. The number of amides is 2. The molecular formula is C19H20N10O4S2. The Kier molecular flexibility index (Phi) is 7.25. The van der Waals surface area contributed by atoms with Crippen LogP contribution in [0.1, 0.15) is 17.2 Å². The molecule has 35 heavy (non-hydrogen) atoms. The van der Waals surface area contributed by atoms with Crippen LogP contribution in [0.5, 0.6) is 0 Å². The van der Waals surface area contributed by atoms with E-state index in [1.54, 1.807) is 31.3 Å². The monoisotopic (exact) mass is 516 g/mol. The number of azide groups is 1. The van der Waals surface area contributed by atoms with E-state index in [0.717, 1.165) is 5.56 Å². The van der Waals surface area contributed by atoms with E-state index in [1.807, 2.05) is 0 Å². The third-order valence-corrected chi connectivity index (χ3v) is 7.88. The van der Waals surface area contributed by atoms with Gasteiger partial charge in [0, 0.05) is 23.5 Å². The third kappa shape index (κ3) is 4.95. The summed E-state index contributed by atoms with van der Waals surface area (Å²) in [6.07, 6.45) is 0. The van der Waals surface area contributed by atoms with Gasteiger partial charge in [0.05, 0.1) is 6.54 Å². The molecule has 0 bridgehead atoms. The van der Waals surface area contributed by atoms with Crippen molar-refractivity contribution in [2.45, 2.75) is 29.2 Å². The van der Waals surface area contributed by atoms with E-state index in [4.69, 9.17) is 11.3 Å². The van der Waals surface area contributed by atoms with Crippen LogP contribution in [0.3, 0.4) is 0 Å². The Hall–Kier alpha value is -3.59. The predicted molar refractivity (Wildman–Crippen MR) is 125 cm³/mol. The molecule has 1 fully saturated rings. The van der Waals surface area contributed by atoms with Crippen molar-refractivity contribution < 1.29 is 19.5 Å². The van der Waals surface area contributed by atoms with Crippen LogP contribution < -0.4 is 11.1 Å². The molecule has 0 spiro atoms. The van der Waals surface area contributed by atoms with Crippen molar-refractivity contribution in [3.63, 3.8) is 0 Å². The minimum Gasteiger partial charge on any atom is -0.477 e. The zero-order valence-electron chi connectivity index (χ0n) is 18.3. The number of carbonyl (C=O) groups is 3. The summed E-state index contributed by atoms with van der Waals surface area (Å²) in [5.41, 5.74) is 16.3. The van der Waals surface area contributed by atoms with E-state index >= 15 is 0 Å². The third-order valence-electron chi connectivity index (χ3n) is 5.44. The SMILES string of the molecule is Cn1nnnc1SCC1=C(C(=O)O)N2C(=O)C(NC(=O)C(N)c3ccc(CN=[N+]=[N-])cc3)C2SC1. The number of hydrogen-bond donors (Lipinski definition) is 3. The number of rotatable bonds is 9. The van der Waals surface area contributed by atoms with Crippen molar-refractivity contribution >= 4 is 41.3 Å². The van der Waals surface area contributed by atoms with Crippen molar-refractivity contribution in [2.75, 3.05) is 11.5 Å². The van der Waals surface area contributed by atoms with E-state index < -0.39 is 35.2 Å². The molecule has 16 heteroatoms. The molecule has 2 aliphatic rings. The summed E-state index contributed by atoms with van der Waals surface area (Å²) in [7, 11) is 1.68. The van der Waals surface area contributed by atoms with Crippen molar-refractivity contribution in [1.29, 1.82) is 0 Å². The molecule has 0 aliphatic carbocycles. The van der Waals surface area contributed by atoms with Gasteiger partial charge in [0.15, 0.2) is 0 Å². The van der Waals surface area contributed by atoms with Crippen LogP contribution in [0, 0.1) is 0 Å². The fraction of sp³-hybridized carbons (Fsp3) is 0.368. The quantitative estimate of drug-likeness (QED) is 0.139. The van der Waals surface area contributed by atoms with Gasteiger partial charge in [-0.15, -0.1) is 16.9 Å². The molecule has 1 saturated heterocycles. The molecule has 0 radical (unpaired) electrons. The highest BCUT2D eigenvalue weighted by atomic mass is 32.2. The average molecular weight is 517 g/mol. The predicted octanol–water partition coefficient (Wildman–Crippen LogP) is 0.551. The number of carbonyl (C=O) groups excluding carboxylic acids is 2. The number of aromatic nitrogens is 4. The number of nitrogens with zero attached hydrogens (tertiary/aromatic N) is 8. The number of aryl methyl sites for hydroxylation is 1. The second kappa shape index (κ2) is 10.4. The van der Waals surface area contributed by atoms with Gasteiger partial charge in [-0.3, -0.25) is 14.5 Å². The summed E-state index contributed by atoms with van der Waals surface area (Å²) >= 11 is 2.64. The highest BCUT2D eigenvalue weighted by Gasteiger charge is 2.54. The smallest absolute Gasteiger partial charge is 0.352 e. The average Bonchev–Trinajstić information content (AvgIpc) is 3.28. The van der Waals surface area contributed by atoms with E-state index in [0.29, 0.717) is 27.8 Å². The maximum Gasteiger partial charge on any atom is 0.352 e. The van der Waals surface area contributed by atoms with E-state index in [-0.39, 0.29) is 12.2 Å². The molecule has 1 aromatic heterocycles. The molecule has 2 aliphatic heterocycles. The molecular weight excluding hydrogens is 496 g/mol. The van der Waals surface area contributed by atoms with Crippen LogP contribution in [0.2, 0.25) is 0 Å². The summed E-state index contributed by atoms with van der Waals surface area (Å²) in [5.74, 6) is -1.59. The number of tetrazole rings is 1. The van der Waals surface area contributed by atoms with Gasteiger partial charge in [-0.05, 0) is 32.7 Å². The Morgan fingerprint density at radius 3 is 2.80 bits per heavy atom. The standard InChI is InChI=1S/C19H20N10O4S2/c1-28-19(24-26-27-28)35-8-11-7-34-17-13(16(31)29(17)14(11)18(32)33)23-15(30)12(20)10-4-2-9(3-5-10)6-22-25-21/h2-5,12-13,17H,6-8,20H2,1H3,(H,23,30)(H,32,33). The number of carboxylic acids is 1. The van der Waals surface area contributed by atoms with Gasteiger partial charge in [-0.2, -0.15) is 0 Å². The Morgan fingerprint density at radius 2 is 2.17 bits per heavy atom. The highest BCUT2D eigenvalue weighted by molar-refractivity contribution is 8.01. The molecule has 14 nitrogen and oxygen atoms in total. The lowest BCUT2D eigenvalue weighted by atomic mass is 10.0. The van der Waals surface area contributed by atoms with Crippen molar-refractivity contribution in [3.8, 4) is 0 Å². The summed E-state index contributed by atoms with van der Waals surface area (Å²) in [5, 5.41) is 27.1. The number of carboxylic acid groups (broad SMARTS) is 1. The van der Waals surface area contributed by atoms with Gasteiger partial charge in [0.25, 0.3) is 5.91 Å². The fourth-order valence-electron chi connectivity index (χ4n) is 3.63. The number of fused-ring (bicyclic) bond motifs is 1. The van der Waals surface area contributed by atoms with Gasteiger partial charge >= 0.3 is 5.97 Å². The van der Waals surface area contributed by atoms with Crippen LogP contribution in [0.15, 0.2) is 45.8 Å². The van der Waals surface area contributed by atoms with Crippen LogP contribution >= 0.6 is 23.5 Å². The number of thioether (sulfide) groups is 2. The minimum atomic E-state index is -1.21. The van der Waals surface area contributed by atoms with Crippen molar-refractivity contribution in [2.24, 2.45) is 17.9 Å². The van der Waals surface area contributed by atoms with Crippen molar-refractivity contribution in [1.82, 2.24) is 30.4 Å². The van der Waals surface area contributed by atoms with Gasteiger partial charge in [0.2, 0.25) is 11.1 Å². The second-order valence-electron chi connectivity index (χ2n) is 7.64. The number of hydrogen-bond acceptors (Lipinski definition) is 10. The number of nitrogens with one attached hydrogen (secondary N) is 1. The van der Waals surface area contributed by atoms with Crippen LogP contribution in [0.25, 0.3) is 10.4 Å². The minimum absolute atomic E-state index is 0.0770. The first-order valence-electron chi connectivity index (χ1n) is 10.2. The van der Waals surface area contributed by atoms with E-state index in [2.05, 4.69) is 30.9 Å². The number of β-lactam (4-membered cyclic amide) rings is 1. The first-order valence-corrected chi connectivity index (χ1v) is 12.3. The number of benzene rings is 1. The first kappa shape index (κ1) is 24.5. The van der Waals surface area contributed by atoms with Gasteiger partial charge in [-0.1, -0.05) is 41.1 Å². The van der Waals surface area contributed by atoms with Crippen LogP contribution in [0.4, 0.5) is 0 Å². The molecule has 3 atom stereocenters. The first-order chi connectivity index (χ1) is 16.8. The summed E-state index contributed by atoms with van der Waals surface area (Å²) < 4.78 is 1.47. The molecule has 0 saturated carbocycles. The summed E-state index contributed by atoms with van der Waals surface area (Å²) in [6.45, 7) is 0.179. The zero-order valence-corrected chi connectivity index (χ0v) is 19.9. The fourth-order valence-corrected chi connectivity index (χ4v) is 5.96. The second-order valence-corrected chi connectivity index (χ2v) is 9.68. The normalized spacial score (nSPS) is 19.9. The molecule has 3 unspecified atom stereocenters.